The van der Waals surface area contributed by atoms with Gasteiger partial charge in [-0.15, -0.1) is 0 Å². The Kier molecular flexibility index (Phi) is 3.14. The lowest BCUT2D eigenvalue weighted by Gasteiger charge is -2.04. The lowest BCUT2D eigenvalue weighted by Crippen LogP contribution is -2.10. The second-order valence-corrected chi connectivity index (χ2v) is 3.72. The Labute approximate surface area is 94.6 Å². The highest BCUT2D eigenvalue weighted by Gasteiger charge is 1.99. The summed E-state index contributed by atoms with van der Waals surface area (Å²) in [5, 5.41) is 3.16. The van der Waals surface area contributed by atoms with Crippen LogP contribution in [-0.2, 0) is 13.5 Å². The van der Waals surface area contributed by atoms with Crippen molar-refractivity contribution in [1.82, 2.24) is 19.5 Å². The lowest BCUT2D eigenvalue weighted by atomic mass is 10.4. The molecular weight excluding hydrogens is 202 g/mol. The second-order valence-electron chi connectivity index (χ2n) is 3.72. The van der Waals surface area contributed by atoms with Crippen molar-refractivity contribution >= 4 is 5.95 Å². The largest absolute Gasteiger partial charge is 0.354 e. The maximum atomic E-state index is 4.24. The third-order valence-corrected chi connectivity index (χ3v) is 2.33. The summed E-state index contributed by atoms with van der Waals surface area (Å²) in [6, 6.07) is 0. The van der Waals surface area contributed by atoms with Crippen LogP contribution in [0, 0.1) is 6.92 Å². The van der Waals surface area contributed by atoms with Gasteiger partial charge in [-0.1, -0.05) is 0 Å². The molecule has 0 aromatic carbocycles. The predicted octanol–water partition coefficient (Wildman–Crippen LogP) is 1.17. The van der Waals surface area contributed by atoms with Gasteiger partial charge in [0.15, 0.2) is 0 Å². The average Bonchev–Trinajstić information content (AvgIpc) is 2.68. The van der Waals surface area contributed by atoms with Gasteiger partial charge in [-0.3, -0.25) is 0 Å². The first kappa shape index (κ1) is 10.6. The smallest absolute Gasteiger partial charge is 0.222 e. The van der Waals surface area contributed by atoms with Crippen molar-refractivity contribution in [3.05, 3.63) is 36.2 Å². The Morgan fingerprint density at radius 2 is 2.00 bits per heavy atom. The number of imidazole rings is 1. The van der Waals surface area contributed by atoms with Gasteiger partial charge in [-0.2, -0.15) is 0 Å². The number of rotatable bonds is 4. The second kappa shape index (κ2) is 4.74. The summed E-state index contributed by atoms with van der Waals surface area (Å²) in [5.41, 5.74) is 1.06. The van der Waals surface area contributed by atoms with Crippen molar-refractivity contribution in [1.29, 1.82) is 0 Å². The van der Waals surface area contributed by atoms with E-state index in [1.165, 1.54) is 0 Å². The molecule has 84 valence electrons. The Hall–Kier alpha value is -1.91. The Bertz CT molecular complexity index is 446. The third kappa shape index (κ3) is 2.56. The lowest BCUT2D eigenvalue weighted by molar-refractivity contribution is 0.786. The normalized spacial score (nSPS) is 10.4. The van der Waals surface area contributed by atoms with Crippen molar-refractivity contribution < 1.29 is 0 Å². The van der Waals surface area contributed by atoms with E-state index in [0.29, 0.717) is 5.95 Å². The molecule has 0 spiro atoms. The average molecular weight is 217 g/mol. The summed E-state index contributed by atoms with van der Waals surface area (Å²) >= 11 is 0. The van der Waals surface area contributed by atoms with Gasteiger partial charge in [0.2, 0.25) is 5.95 Å². The number of aryl methyl sites for hydroxylation is 2. The molecular formula is C11H15N5. The molecule has 0 aliphatic rings. The van der Waals surface area contributed by atoms with Gasteiger partial charge >= 0.3 is 0 Å². The molecule has 2 rings (SSSR count). The standard InChI is InChI=1S/C11H15N5/c1-9-7-14-11(15-8-9)13-4-3-10-12-5-6-16(10)2/h5-8H,3-4H2,1-2H3,(H,13,14,15). The van der Waals surface area contributed by atoms with E-state index in [-0.39, 0.29) is 0 Å². The zero-order chi connectivity index (χ0) is 11.4. The summed E-state index contributed by atoms with van der Waals surface area (Å²) in [6.07, 6.45) is 8.21. The van der Waals surface area contributed by atoms with Crippen LogP contribution >= 0.6 is 0 Å². The van der Waals surface area contributed by atoms with Crippen LogP contribution in [0.15, 0.2) is 24.8 Å². The Balaban J connectivity index is 1.84. The van der Waals surface area contributed by atoms with Crippen molar-refractivity contribution in [3.8, 4) is 0 Å². The molecule has 2 aromatic heterocycles. The van der Waals surface area contributed by atoms with E-state index in [9.17, 15) is 0 Å². The number of anilines is 1. The topological polar surface area (TPSA) is 55.6 Å². The van der Waals surface area contributed by atoms with Crippen LogP contribution in [0.4, 0.5) is 5.95 Å². The first-order chi connectivity index (χ1) is 7.75. The van der Waals surface area contributed by atoms with Crippen molar-refractivity contribution in [2.45, 2.75) is 13.3 Å². The summed E-state index contributed by atoms with van der Waals surface area (Å²) < 4.78 is 2.01. The maximum absolute atomic E-state index is 4.24. The molecule has 0 amide bonds. The molecule has 1 N–H and O–H groups in total. The number of aromatic nitrogens is 4. The first-order valence-electron chi connectivity index (χ1n) is 5.24. The monoisotopic (exact) mass is 217 g/mol. The Morgan fingerprint density at radius 1 is 1.25 bits per heavy atom. The summed E-state index contributed by atoms with van der Waals surface area (Å²) in [4.78, 5) is 12.6. The van der Waals surface area contributed by atoms with E-state index in [4.69, 9.17) is 0 Å². The van der Waals surface area contributed by atoms with E-state index in [1.54, 1.807) is 18.6 Å². The van der Waals surface area contributed by atoms with Crippen LogP contribution in [0.1, 0.15) is 11.4 Å². The molecule has 0 bridgehead atoms. The molecule has 0 aliphatic carbocycles. The number of nitrogens with zero attached hydrogens (tertiary/aromatic N) is 4. The first-order valence-corrected chi connectivity index (χ1v) is 5.24. The van der Waals surface area contributed by atoms with Crippen LogP contribution in [0.3, 0.4) is 0 Å². The predicted molar refractivity (Wildman–Crippen MR) is 62.2 cm³/mol. The zero-order valence-corrected chi connectivity index (χ0v) is 9.51. The summed E-state index contributed by atoms with van der Waals surface area (Å²) in [7, 11) is 1.99. The molecule has 2 heterocycles. The van der Waals surface area contributed by atoms with E-state index in [2.05, 4.69) is 20.3 Å². The highest BCUT2D eigenvalue weighted by atomic mass is 15.1. The fourth-order valence-corrected chi connectivity index (χ4v) is 1.41. The van der Waals surface area contributed by atoms with Crippen LogP contribution in [0.5, 0.6) is 0 Å². The molecule has 2 aromatic rings. The number of hydrogen-bond donors (Lipinski definition) is 1. The highest BCUT2D eigenvalue weighted by Crippen LogP contribution is 2.00. The summed E-state index contributed by atoms with van der Waals surface area (Å²) in [5.74, 6) is 1.72. The fourth-order valence-electron chi connectivity index (χ4n) is 1.41. The van der Waals surface area contributed by atoms with Gasteiger partial charge in [0.1, 0.15) is 5.82 Å². The van der Waals surface area contributed by atoms with Gasteiger partial charge in [0.25, 0.3) is 0 Å². The van der Waals surface area contributed by atoms with Gasteiger partial charge in [0.05, 0.1) is 0 Å². The van der Waals surface area contributed by atoms with Crippen LogP contribution in [0.2, 0.25) is 0 Å². The van der Waals surface area contributed by atoms with Crippen molar-refractivity contribution in [2.24, 2.45) is 7.05 Å². The Morgan fingerprint density at radius 3 is 2.62 bits per heavy atom. The SMILES string of the molecule is Cc1cnc(NCCc2nccn2C)nc1. The van der Waals surface area contributed by atoms with Crippen LogP contribution in [-0.4, -0.2) is 26.1 Å². The minimum atomic E-state index is 0.666. The molecule has 5 heteroatoms. The third-order valence-electron chi connectivity index (χ3n) is 2.33. The molecule has 0 saturated heterocycles. The van der Waals surface area contributed by atoms with E-state index >= 15 is 0 Å². The van der Waals surface area contributed by atoms with Gasteiger partial charge in [-0.05, 0) is 12.5 Å². The zero-order valence-electron chi connectivity index (χ0n) is 9.51. The van der Waals surface area contributed by atoms with Crippen molar-refractivity contribution in [2.75, 3.05) is 11.9 Å². The highest BCUT2D eigenvalue weighted by molar-refractivity contribution is 5.24. The van der Waals surface area contributed by atoms with Crippen LogP contribution in [0.25, 0.3) is 0 Å². The molecule has 16 heavy (non-hydrogen) atoms. The molecule has 0 radical (unpaired) electrons. The minimum absolute atomic E-state index is 0.666. The van der Waals surface area contributed by atoms with Crippen molar-refractivity contribution in [3.63, 3.8) is 0 Å². The van der Waals surface area contributed by atoms with Gasteiger partial charge < -0.3 is 9.88 Å². The molecule has 5 nitrogen and oxygen atoms in total. The molecule has 0 saturated carbocycles. The van der Waals surface area contributed by atoms with Gasteiger partial charge in [0, 0.05) is 44.8 Å². The van der Waals surface area contributed by atoms with E-state index in [1.807, 2.05) is 24.7 Å². The maximum Gasteiger partial charge on any atom is 0.222 e. The number of hydrogen-bond acceptors (Lipinski definition) is 4. The van der Waals surface area contributed by atoms with E-state index < -0.39 is 0 Å². The molecule has 0 fully saturated rings. The minimum Gasteiger partial charge on any atom is -0.354 e. The van der Waals surface area contributed by atoms with Gasteiger partial charge in [-0.25, -0.2) is 15.0 Å². The number of nitrogens with one attached hydrogen (secondary N) is 1. The summed E-state index contributed by atoms with van der Waals surface area (Å²) in [6.45, 7) is 2.76. The molecule has 0 atom stereocenters. The quantitative estimate of drug-likeness (QED) is 0.835. The fraction of sp³-hybridized carbons (Fsp3) is 0.364. The molecule has 0 unspecified atom stereocenters. The van der Waals surface area contributed by atoms with E-state index in [0.717, 1.165) is 24.4 Å². The van der Waals surface area contributed by atoms with Crippen LogP contribution < -0.4 is 5.32 Å². The molecule has 0 aliphatic heterocycles.